The number of piperidine rings is 1. The Balaban J connectivity index is 1.86. The second-order valence-corrected chi connectivity index (χ2v) is 7.41. The lowest BCUT2D eigenvalue weighted by Gasteiger charge is -2.37. The molecule has 0 amide bonds. The Hall–Kier alpha value is -0.860. The minimum absolute atomic E-state index is 0.175. The largest absolute Gasteiger partial charge is 0.385 e. The van der Waals surface area contributed by atoms with Gasteiger partial charge in [-0.05, 0) is 42.2 Å². The minimum Gasteiger partial charge on any atom is -0.385 e. The number of aliphatic hydroxyl groups is 1. The topological polar surface area (TPSA) is 32.3 Å². The van der Waals surface area contributed by atoms with E-state index in [9.17, 15) is 5.11 Å². The fraction of sp³-hybridized carbons (Fsp3) is 0.647. The van der Waals surface area contributed by atoms with Gasteiger partial charge < -0.3 is 10.4 Å². The Morgan fingerprint density at radius 1 is 1.05 bits per heavy atom. The third-order valence-electron chi connectivity index (χ3n) is 4.79. The molecule has 2 aliphatic rings. The zero-order valence-electron chi connectivity index (χ0n) is 12.2. The van der Waals surface area contributed by atoms with Gasteiger partial charge in [0.15, 0.2) is 0 Å². The standard InChI is InChI=1S/C17H25NO/c1-16(2,3)12-4-6-13(7-5-12)17(19)10-14-8-9-15(11-17)18-14/h4-7,14-15,18-19H,8-11H2,1-3H3/t14-,15+,17?. The quantitative estimate of drug-likeness (QED) is 0.812. The average molecular weight is 259 g/mol. The van der Waals surface area contributed by atoms with Crippen LogP contribution in [0.3, 0.4) is 0 Å². The summed E-state index contributed by atoms with van der Waals surface area (Å²) < 4.78 is 0. The molecule has 104 valence electrons. The van der Waals surface area contributed by atoms with Crippen LogP contribution in [-0.4, -0.2) is 17.2 Å². The summed E-state index contributed by atoms with van der Waals surface area (Å²) in [7, 11) is 0. The number of fused-ring (bicyclic) bond motifs is 2. The first-order valence-electron chi connectivity index (χ1n) is 7.46. The highest BCUT2D eigenvalue weighted by Gasteiger charge is 2.43. The molecule has 3 atom stereocenters. The van der Waals surface area contributed by atoms with Crippen LogP contribution in [0.2, 0.25) is 0 Å². The van der Waals surface area contributed by atoms with E-state index in [2.05, 4.69) is 50.4 Å². The van der Waals surface area contributed by atoms with Crippen molar-refractivity contribution in [2.75, 3.05) is 0 Å². The van der Waals surface area contributed by atoms with E-state index < -0.39 is 5.60 Å². The Morgan fingerprint density at radius 3 is 2.05 bits per heavy atom. The van der Waals surface area contributed by atoms with E-state index in [1.807, 2.05) is 0 Å². The van der Waals surface area contributed by atoms with Crippen LogP contribution in [-0.2, 0) is 11.0 Å². The van der Waals surface area contributed by atoms with Gasteiger partial charge in [0.2, 0.25) is 0 Å². The zero-order chi connectivity index (χ0) is 13.7. The normalized spacial score (nSPS) is 34.5. The average Bonchev–Trinajstić information content (AvgIpc) is 2.68. The van der Waals surface area contributed by atoms with Crippen molar-refractivity contribution in [3.8, 4) is 0 Å². The van der Waals surface area contributed by atoms with Crippen molar-refractivity contribution in [3.05, 3.63) is 35.4 Å². The van der Waals surface area contributed by atoms with Gasteiger partial charge in [0.1, 0.15) is 0 Å². The first kappa shape index (κ1) is 13.1. The highest BCUT2D eigenvalue weighted by Crippen LogP contribution is 2.41. The van der Waals surface area contributed by atoms with E-state index in [4.69, 9.17) is 0 Å². The molecule has 1 aromatic rings. The molecule has 2 saturated heterocycles. The fourth-order valence-electron chi connectivity index (χ4n) is 3.64. The summed E-state index contributed by atoms with van der Waals surface area (Å²) in [6.07, 6.45) is 4.15. The van der Waals surface area contributed by atoms with Gasteiger partial charge in [0.25, 0.3) is 0 Å². The fourth-order valence-corrected chi connectivity index (χ4v) is 3.64. The Bertz CT molecular complexity index is 445. The SMILES string of the molecule is CC(C)(C)c1ccc(C2(O)C[C@H]3CC[C@@H](C2)N3)cc1. The first-order valence-corrected chi connectivity index (χ1v) is 7.46. The van der Waals surface area contributed by atoms with Crippen molar-refractivity contribution in [1.82, 2.24) is 5.32 Å². The number of rotatable bonds is 1. The molecule has 2 nitrogen and oxygen atoms in total. The number of hydrogen-bond acceptors (Lipinski definition) is 2. The van der Waals surface area contributed by atoms with Crippen molar-refractivity contribution in [2.24, 2.45) is 0 Å². The molecule has 2 aliphatic heterocycles. The third kappa shape index (κ3) is 2.44. The second-order valence-electron chi connectivity index (χ2n) is 7.41. The smallest absolute Gasteiger partial charge is 0.0926 e. The molecule has 0 aliphatic carbocycles. The van der Waals surface area contributed by atoms with Crippen molar-refractivity contribution >= 4 is 0 Å². The first-order chi connectivity index (χ1) is 8.87. The molecular formula is C17H25NO. The molecule has 0 spiro atoms. The molecule has 1 unspecified atom stereocenters. The maximum atomic E-state index is 11.0. The molecule has 3 rings (SSSR count). The number of hydrogen-bond donors (Lipinski definition) is 2. The summed E-state index contributed by atoms with van der Waals surface area (Å²) in [5.41, 5.74) is 1.98. The van der Waals surface area contributed by atoms with Gasteiger partial charge in [-0.25, -0.2) is 0 Å². The molecular weight excluding hydrogens is 234 g/mol. The molecule has 2 bridgehead atoms. The highest BCUT2D eigenvalue weighted by molar-refractivity contribution is 5.32. The van der Waals surface area contributed by atoms with Crippen LogP contribution < -0.4 is 5.32 Å². The zero-order valence-corrected chi connectivity index (χ0v) is 12.2. The van der Waals surface area contributed by atoms with E-state index in [1.54, 1.807) is 0 Å². The molecule has 2 fully saturated rings. The van der Waals surface area contributed by atoms with Crippen LogP contribution in [0.15, 0.2) is 24.3 Å². The summed E-state index contributed by atoms with van der Waals surface area (Å²) >= 11 is 0. The lowest BCUT2D eigenvalue weighted by molar-refractivity contribution is -0.0114. The minimum atomic E-state index is -0.618. The van der Waals surface area contributed by atoms with Gasteiger partial charge in [0.05, 0.1) is 5.60 Å². The van der Waals surface area contributed by atoms with Gasteiger partial charge in [-0.3, -0.25) is 0 Å². The molecule has 2 heteroatoms. The van der Waals surface area contributed by atoms with E-state index >= 15 is 0 Å². The molecule has 2 N–H and O–H groups in total. The van der Waals surface area contributed by atoms with Crippen molar-refractivity contribution in [3.63, 3.8) is 0 Å². The van der Waals surface area contributed by atoms with Crippen molar-refractivity contribution in [2.45, 2.75) is 69.6 Å². The number of benzene rings is 1. The Morgan fingerprint density at radius 2 is 1.58 bits per heavy atom. The lowest BCUT2D eigenvalue weighted by atomic mass is 9.79. The van der Waals surface area contributed by atoms with Gasteiger partial charge in [-0.15, -0.1) is 0 Å². The summed E-state index contributed by atoms with van der Waals surface area (Å²) in [5.74, 6) is 0. The van der Waals surface area contributed by atoms with Gasteiger partial charge in [-0.2, -0.15) is 0 Å². The van der Waals surface area contributed by atoms with E-state index in [0.717, 1.165) is 18.4 Å². The van der Waals surface area contributed by atoms with Crippen LogP contribution in [0.1, 0.15) is 57.6 Å². The van der Waals surface area contributed by atoms with Crippen LogP contribution in [0.5, 0.6) is 0 Å². The van der Waals surface area contributed by atoms with Crippen LogP contribution in [0.25, 0.3) is 0 Å². The summed E-state index contributed by atoms with van der Waals surface area (Å²) in [6.45, 7) is 6.67. The number of nitrogens with one attached hydrogen (secondary N) is 1. The van der Waals surface area contributed by atoms with Crippen LogP contribution >= 0.6 is 0 Å². The molecule has 1 aromatic carbocycles. The van der Waals surface area contributed by atoms with E-state index in [0.29, 0.717) is 12.1 Å². The molecule has 0 aromatic heterocycles. The van der Waals surface area contributed by atoms with Gasteiger partial charge in [0, 0.05) is 12.1 Å². The van der Waals surface area contributed by atoms with Crippen LogP contribution in [0, 0.1) is 0 Å². The van der Waals surface area contributed by atoms with Gasteiger partial charge >= 0.3 is 0 Å². The highest BCUT2D eigenvalue weighted by atomic mass is 16.3. The van der Waals surface area contributed by atoms with E-state index in [1.165, 1.54) is 18.4 Å². The van der Waals surface area contributed by atoms with Gasteiger partial charge in [-0.1, -0.05) is 45.0 Å². The predicted octanol–water partition coefficient (Wildman–Crippen LogP) is 3.09. The monoisotopic (exact) mass is 259 g/mol. The molecule has 0 radical (unpaired) electrons. The van der Waals surface area contributed by atoms with Crippen LogP contribution in [0.4, 0.5) is 0 Å². The molecule has 2 heterocycles. The van der Waals surface area contributed by atoms with Crippen molar-refractivity contribution < 1.29 is 5.11 Å². The molecule has 19 heavy (non-hydrogen) atoms. The Kier molecular flexibility index (Phi) is 2.99. The third-order valence-corrected chi connectivity index (χ3v) is 4.79. The summed E-state index contributed by atoms with van der Waals surface area (Å²) in [5, 5.41) is 14.6. The lowest BCUT2D eigenvalue weighted by Crippen LogP contribution is -2.46. The maximum absolute atomic E-state index is 11.0. The predicted molar refractivity (Wildman–Crippen MR) is 78.2 cm³/mol. The Labute approximate surface area is 116 Å². The summed E-state index contributed by atoms with van der Waals surface area (Å²) in [6, 6.07) is 9.63. The van der Waals surface area contributed by atoms with E-state index in [-0.39, 0.29) is 5.41 Å². The summed E-state index contributed by atoms with van der Waals surface area (Å²) in [4.78, 5) is 0. The van der Waals surface area contributed by atoms with Crippen molar-refractivity contribution in [1.29, 1.82) is 0 Å². The molecule has 0 saturated carbocycles. The second kappa shape index (κ2) is 4.32. The maximum Gasteiger partial charge on any atom is 0.0926 e.